The van der Waals surface area contributed by atoms with E-state index in [0.29, 0.717) is 24.1 Å². The Morgan fingerprint density at radius 2 is 2.16 bits per heavy atom. The van der Waals surface area contributed by atoms with E-state index in [1.54, 1.807) is 7.11 Å². The van der Waals surface area contributed by atoms with Crippen molar-refractivity contribution in [2.24, 2.45) is 11.8 Å². The second-order valence-corrected chi connectivity index (χ2v) is 9.68. The standard InChI is InChI=1S/C26H36N2O3/c1-6-28-11-10-26(19-8-7-9-21(12-19)30-5)14-23-22(13-20(26)15-28)18(4)24(27-23)25(29)31-16-17(2)3/h7-9,12,17,20,27H,6,10-11,13-16H2,1-5H3/t20-,26+/m0/s1. The largest absolute Gasteiger partial charge is 0.497 e. The molecule has 2 aliphatic rings. The summed E-state index contributed by atoms with van der Waals surface area (Å²) in [5.41, 5.74) is 5.64. The number of hydrogen-bond donors (Lipinski definition) is 1. The molecule has 1 aromatic carbocycles. The Hall–Kier alpha value is -2.27. The first-order chi connectivity index (χ1) is 14.9. The van der Waals surface area contributed by atoms with Crippen LogP contribution in [-0.2, 0) is 23.0 Å². The van der Waals surface area contributed by atoms with Crippen LogP contribution in [0.4, 0.5) is 0 Å². The number of H-pyrrole nitrogens is 1. The number of nitrogens with one attached hydrogen (secondary N) is 1. The zero-order valence-corrected chi connectivity index (χ0v) is 19.6. The van der Waals surface area contributed by atoms with Gasteiger partial charge in [0, 0.05) is 17.7 Å². The van der Waals surface area contributed by atoms with Gasteiger partial charge in [0.25, 0.3) is 0 Å². The number of likely N-dealkylation sites (tertiary alicyclic amines) is 1. The number of ether oxygens (including phenoxy) is 2. The fraction of sp³-hybridized carbons (Fsp3) is 0.577. The molecule has 168 valence electrons. The molecule has 1 N–H and O–H groups in total. The number of esters is 1. The van der Waals surface area contributed by atoms with Gasteiger partial charge in [-0.25, -0.2) is 4.79 Å². The summed E-state index contributed by atoms with van der Waals surface area (Å²) in [7, 11) is 1.73. The van der Waals surface area contributed by atoms with Crippen LogP contribution in [0.15, 0.2) is 24.3 Å². The number of methoxy groups -OCH3 is 1. The van der Waals surface area contributed by atoms with Gasteiger partial charge in [0.1, 0.15) is 11.4 Å². The minimum absolute atomic E-state index is 0.0591. The predicted octanol–water partition coefficient (Wildman–Crippen LogP) is 4.52. The molecule has 0 spiro atoms. The average Bonchev–Trinajstić information content (AvgIpc) is 3.10. The number of carbonyl (C=O) groups is 1. The topological polar surface area (TPSA) is 54.6 Å². The number of benzene rings is 1. The maximum atomic E-state index is 12.8. The minimum Gasteiger partial charge on any atom is -0.497 e. The molecule has 5 nitrogen and oxygen atoms in total. The van der Waals surface area contributed by atoms with Crippen LogP contribution in [0.1, 0.15) is 60.1 Å². The van der Waals surface area contributed by atoms with Crippen molar-refractivity contribution in [1.29, 1.82) is 0 Å². The van der Waals surface area contributed by atoms with Crippen LogP contribution < -0.4 is 4.74 Å². The number of nitrogens with zero attached hydrogens (tertiary/aromatic N) is 1. The normalized spacial score (nSPS) is 23.4. The van der Waals surface area contributed by atoms with Crippen molar-refractivity contribution in [3.05, 3.63) is 52.3 Å². The first-order valence-electron chi connectivity index (χ1n) is 11.6. The van der Waals surface area contributed by atoms with E-state index < -0.39 is 0 Å². The maximum Gasteiger partial charge on any atom is 0.355 e. The smallest absolute Gasteiger partial charge is 0.355 e. The number of fused-ring (bicyclic) bond motifs is 2. The van der Waals surface area contributed by atoms with E-state index in [0.717, 1.165) is 50.2 Å². The molecule has 0 bridgehead atoms. The molecule has 0 amide bonds. The van der Waals surface area contributed by atoms with Crippen LogP contribution in [0, 0.1) is 18.8 Å². The van der Waals surface area contributed by atoms with Crippen LogP contribution in [0.2, 0.25) is 0 Å². The molecule has 5 heteroatoms. The van der Waals surface area contributed by atoms with Gasteiger partial charge in [0.2, 0.25) is 0 Å². The molecule has 1 aliphatic carbocycles. The summed E-state index contributed by atoms with van der Waals surface area (Å²) in [5.74, 6) is 1.52. The van der Waals surface area contributed by atoms with Crippen molar-refractivity contribution >= 4 is 5.97 Å². The van der Waals surface area contributed by atoms with Gasteiger partial charge >= 0.3 is 5.97 Å². The second-order valence-electron chi connectivity index (χ2n) is 9.68. The Balaban J connectivity index is 1.72. The highest BCUT2D eigenvalue weighted by Gasteiger charge is 2.48. The Morgan fingerprint density at radius 1 is 1.35 bits per heavy atom. The van der Waals surface area contributed by atoms with Gasteiger partial charge in [-0.1, -0.05) is 32.9 Å². The number of aromatic nitrogens is 1. The molecule has 2 heterocycles. The monoisotopic (exact) mass is 424 g/mol. The molecule has 1 aromatic heterocycles. The fourth-order valence-electron chi connectivity index (χ4n) is 5.54. The van der Waals surface area contributed by atoms with Crippen LogP contribution in [-0.4, -0.2) is 49.2 Å². The zero-order chi connectivity index (χ0) is 22.2. The highest BCUT2D eigenvalue weighted by molar-refractivity contribution is 5.90. The van der Waals surface area contributed by atoms with Crippen LogP contribution in [0.25, 0.3) is 0 Å². The molecule has 0 unspecified atom stereocenters. The Labute approximate surface area is 186 Å². The number of hydrogen-bond acceptors (Lipinski definition) is 4. The highest BCUT2D eigenvalue weighted by Crippen LogP contribution is 2.49. The molecule has 1 aliphatic heterocycles. The first kappa shape index (κ1) is 21.9. The van der Waals surface area contributed by atoms with Crippen molar-refractivity contribution in [3.8, 4) is 5.75 Å². The summed E-state index contributed by atoms with van der Waals surface area (Å²) in [6.07, 6.45) is 3.03. The van der Waals surface area contributed by atoms with Gasteiger partial charge in [0.15, 0.2) is 0 Å². The van der Waals surface area contributed by atoms with E-state index in [1.807, 2.05) is 6.07 Å². The van der Waals surface area contributed by atoms with Gasteiger partial charge in [-0.3, -0.25) is 0 Å². The molecule has 2 aromatic rings. The lowest BCUT2D eigenvalue weighted by atomic mass is 9.58. The molecular formula is C26H36N2O3. The van der Waals surface area contributed by atoms with Crippen molar-refractivity contribution < 1.29 is 14.3 Å². The molecule has 31 heavy (non-hydrogen) atoms. The molecule has 1 saturated heterocycles. The van der Waals surface area contributed by atoms with Gasteiger partial charge in [-0.05, 0) is 79.9 Å². The molecule has 0 saturated carbocycles. The third-order valence-corrected chi connectivity index (χ3v) is 7.39. The molecule has 0 radical (unpaired) electrons. The molecule has 1 fully saturated rings. The molecular weight excluding hydrogens is 388 g/mol. The summed E-state index contributed by atoms with van der Waals surface area (Å²) in [6.45, 7) is 12.1. The summed E-state index contributed by atoms with van der Waals surface area (Å²) in [4.78, 5) is 18.8. The van der Waals surface area contributed by atoms with E-state index >= 15 is 0 Å². The number of piperidine rings is 1. The van der Waals surface area contributed by atoms with Crippen LogP contribution >= 0.6 is 0 Å². The summed E-state index contributed by atoms with van der Waals surface area (Å²) in [5, 5.41) is 0. The zero-order valence-electron chi connectivity index (χ0n) is 19.6. The third kappa shape index (κ3) is 4.00. The molecule has 4 rings (SSSR count). The third-order valence-electron chi connectivity index (χ3n) is 7.39. The van der Waals surface area contributed by atoms with E-state index in [2.05, 4.69) is 55.8 Å². The van der Waals surface area contributed by atoms with Crippen molar-refractivity contribution in [2.75, 3.05) is 33.4 Å². The summed E-state index contributed by atoms with van der Waals surface area (Å²) < 4.78 is 11.1. The lowest BCUT2D eigenvalue weighted by Gasteiger charge is -2.51. The van der Waals surface area contributed by atoms with Crippen molar-refractivity contribution in [2.45, 2.75) is 52.4 Å². The number of aromatic amines is 1. The van der Waals surface area contributed by atoms with E-state index in [-0.39, 0.29) is 11.4 Å². The van der Waals surface area contributed by atoms with E-state index in [9.17, 15) is 4.79 Å². The minimum atomic E-state index is -0.228. The predicted molar refractivity (Wildman–Crippen MR) is 123 cm³/mol. The molecule has 2 atom stereocenters. The van der Waals surface area contributed by atoms with Gasteiger partial charge in [-0.2, -0.15) is 0 Å². The van der Waals surface area contributed by atoms with E-state index in [4.69, 9.17) is 9.47 Å². The first-order valence-corrected chi connectivity index (χ1v) is 11.6. The number of carbonyl (C=O) groups excluding carboxylic acids is 1. The average molecular weight is 425 g/mol. The van der Waals surface area contributed by atoms with Gasteiger partial charge < -0.3 is 19.4 Å². The van der Waals surface area contributed by atoms with E-state index in [1.165, 1.54) is 16.8 Å². The Kier molecular flexibility index (Phi) is 6.16. The quantitative estimate of drug-likeness (QED) is 0.693. The van der Waals surface area contributed by atoms with Crippen molar-refractivity contribution in [1.82, 2.24) is 9.88 Å². The fourth-order valence-corrected chi connectivity index (χ4v) is 5.54. The van der Waals surface area contributed by atoms with Crippen molar-refractivity contribution in [3.63, 3.8) is 0 Å². The number of rotatable bonds is 6. The Morgan fingerprint density at radius 3 is 2.87 bits per heavy atom. The second kappa shape index (κ2) is 8.70. The highest BCUT2D eigenvalue weighted by atomic mass is 16.5. The summed E-state index contributed by atoms with van der Waals surface area (Å²) in [6, 6.07) is 8.60. The Bertz CT molecular complexity index is 948. The lowest BCUT2D eigenvalue weighted by molar-refractivity contribution is 0.0451. The maximum absolute atomic E-state index is 12.8. The SMILES string of the molecule is CCN1CC[C@]2(c3cccc(OC)c3)Cc3[nH]c(C(=O)OCC(C)C)c(C)c3C[C@H]2C1. The lowest BCUT2D eigenvalue weighted by Crippen LogP contribution is -2.53. The van der Waals surface area contributed by atoms with Gasteiger partial charge in [-0.15, -0.1) is 0 Å². The van der Waals surface area contributed by atoms with Crippen LogP contribution in [0.3, 0.4) is 0 Å². The van der Waals surface area contributed by atoms with Gasteiger partial charge in [0.05, 0.1) is 13.7 Å². The van der Waals surface area contributed by atoms with Crippen LogP contribution in [0.5, 0.6) is 5.75 Å². The summed E-state index contributed by atoms with van der Waals surface area (Å²) >= 11 is 0.